The zero-order chi connectivity index (χ0) is 13.5. The number of hydrogen-bond donors (Lipinski definition) is 3. The van der Waals surface area contributed by atoms with Crippen LogP contribution in [0.1, 0.15) is 30.3 Å². The van der Waals surface area contributed by atoms with E-state index in [9.17, 15) is 4.79 Å². The third-order valence-corrected chi connectivity index (χ3v) is 2.83. The standard InChI is InChI=1S/C13H17N5O/c14-11(10-4-2-1-3-5-10)6-7-13(19)15-8-12-16-9-17-18-12/h1-5,9,11H,6-8,14H2,(H,15,19)(H,16,17,18). The Morgan fingerprint density at radius 3 is 2.84 bits per heavy atom. The molecule has 6 nitrogen and oxygen atoms in total. The molecule has 0 aliphatic rings. The fourth-order valence-electron chi connectivity index (χ4n) is 1.74. The Bertz CT molecular complexity index is 497. The van der Waals surface area contributed by atoms with Crippen molar-refractivity contribution < 1.29 is 4.79 Å². The molecule has 100 valence electrons. The maximum absolute atomic E-state index is 11.6. The van der Waals surface area contributed by atoms with Gasteiger partial charge >= 0.3 is 0 Å². The molecular formula is C13H17N5O. The van der Waals surface area contributed by atoms with Crippen molar-refractivity contribution in [1.29, 1.82) is 0 Å². The molecule has 1 heterocycles. The third-order valence-electron chi connectivity index (χ3n) is 2.83. The molecule has 0 bridgehead atoms. The lowest BCUT2D eigenvalue weighted by Gasteiger charge is -2.11. The molecule has 1 unspecified atom stereocenters. The number of nitrogens with zero attached hydrogens (tertiary/aromatic N) is 2. The van der Waals surface area contributed by atoms with Crippen LogP contribution in [0.4, 0.5) is 0 Å². The van der Waals surface area contributed by atoms with E-state index in [0.717, 1.165) is 5.56 Å². The van der Waals surface area contributed by atoms with E-state index < -0.39 is 0 Å². The molecule has 0 aliphatic carbocycles. The first-order valence-electron chi connectivity index (χ1n) is 6.17. The average Bonchev–Trinajstić information content (AvgIpc) is 2.96. The molecule has 2 aromatic rings. The fourth-order valence-corrected chi connectivity index (χ4v) is 1.74. The normalized spacial score (nSPS) is 12.1. The Kier molecular flexibility index (Phi) is 4.63. The van der Waals surface area contributed by atoms with Gasteiger partial charge in [0.2, 0.25) is 5.91 Å². The van der Waals surface area contributed by atoms with Crippen LogP contribution in [0, 0.1) is 0 Å². The molecule has 1 atom stereocenters. The van der Waals surface area contributed by atoms with Crippen molar-refractivity contribution in [2.24, 2.45) is 5.73 Å². The van der Waals surface area contributed by atoms with Gasteiger partial charge in [0.15, 0.2) is 0 Å². The predicted octanol–water partition coefficient (Wildman–Crippen LogP) is 0.901. The van der Waals surface area contributed by atoms with Gasteiger partial charge < -0.3 is 11.1 Å². The molecule has 1 amide bonds. The van der Waals surface area contributed by atoms with Gasteiger partial charge in [0.1, 0.15) is 12.2 Å². The van der Waals surface area contributed by atoms with E-state index in [4.69, 9.17) is 5.73 Å². The van der Waals surface area contributed by atoms with E-state index in [2.05, 4.69) is 20.5 Å². The number of amides is 1. The topological polar surface area (TPSA) is 96.7 Å². The van der Waals surface area contributed by atoms with Gasteiger partial charge in [-0.25, -0.2) is 4.98 Å². The number of rotatable bonds is 6. The summed E-state index contributed by atoms with van der Waals surface area (Å²) in [5.74, 6) is 0.600. The molecule has 19 heavy (non-hydrogen) atoms. The molecule has 0 aliphatic heterocycles. The molecule has 1 aromatic carbocycles. The number of nitrogens with two attached hydrogens (primary N) is 1. The van der Waals surface area contributed by atoms with Gasteiger partial charge in [-0.05, 0) is 12.0 Å². The van der Waals surface area contributed by atoms with Gasteiger partial charge in [0.05, 0.1) is 6.54 Å². The van der Waals surface area contributed by atoms with Crippen LogP contribution in [-0.2, 0) is 11.3 Å². The number of nitrogens with one attached hydrogen (secondary N) is 2. The van der Waals surface area contributed by atoms with Gasteiger partial charge in [-0.15, -0.1) is 0 Å². The lowest BCUT2D eigenvalue weighted by molar-refractivity contribution is -0.121. The number of aromatic nitrogens is 3. The van der Waals surface area contributed by atoms with Crippen LogP contribution in [0.5, 0.6) is 0 Å². The fraction of sp³-hybridized carbons (Fsp3) is 0.308. The largest absolute Gasteiger partial charge is 0.349 e. The summed E-state index contributed by atoms with van der Waals surface area (Å²) in [7, 11) is 0. The number of aromatic amines is 1. The molecule has 1 aromatic heterocycles. The summed E-state index contributed by atoms with van der Waals surface area (Å²) < 4.78 is 0. The van der Waals surface area contributed by atoms with E-state index in [-0.39, 0.29) is 11.9 Å². The van der Waals surface area contributed by atoms with Crippen molar-refractivity contribution in [2.45, 2.75) is 25.4 Å². The molecule has 6 heteroatoms. The van der Waals surface area contributed by atoms with Crippen LogP contribution in [0.3, 0.4) is 0 Å². The minimum Gasteiger partial charge on any atom is -0.349 e. The zero-order valence-corrected chi connectivity index (χ0v) is 10.5. The summed E-state index contributed by atoms with van der Waals surface area (Å²) in [5.41, 5.74) is 7.07. The predicted molar refractivity (Wildman–Crippen MR) is 70.8 cm³/mol. The summed E-state index contributed by atoms with van der Waals surface area (Å²) in [6.45, 7) is 0.361. The number of H-pyrrole nitrogens is 1. The van der Waals surface area contributed by atoms with E-state index in [1.807, 2.05) is 30.3 Å². The highest BCUT2D eigenvalue weighted by Crippen LogP contribution is 2.14. The Morgan fingerprint density at radius 2 is 2.16 bits per heavy atom. The smallest absolute Gasteiger partial charge is 0.220 e. The number of carbonyl (C=O) groups excluding carboxylic acids is 1. The highest BCUT2D eigenvalue weighted by Gasteiger charge is 2.09. The second kappa shape index (κ2) is 6.65. The van der Waals surface area contributed by atoms with Gasteiger partial charge in [-0.3, -0.25) is 9.89 Å². The van der Waals surface area contributed by atoms with Crippen molar-refractivity contribution >= 4 is 5.91 Å². The summed E-state index contributed by atoms with van der Waals surface area (Å²) in [4.78, 5) is 15.6. The summed E-state index contributed by atoms with van der Waals surface area (Å²) in [6, 6.07) is 9.66. The van der Waals surface area contributed by atoms with Crippen LogP contribution < -0.4 is 11.1 Å². The van der Waals surface area contributed by atoms with Gasteiger partial charge in [-0.2, -0.15) is 5.10 Å². The highest BCUT2D eigenvalue weighted by molar-refractivity contribution is 5.75. The number of hydrogen-bond acceptors (Lipinski definition) is 4. The summed E-state index contributed by atoms with van der Waals surface area (Å²) in [5, 5.41) is 9.15. The first kappa shape index (κ1) is 13.2. The molecule has 0 fully saturated rings. The molecule has 4 N–H and O–H groups in total. The van der Waals surface area contributed by atoms with Crippen LogP contribution in [0.15, 0.2) is 36.7 Å². The van der Waals surface area contributed by atoms with Crippen molar-refractivity contribution in [3.05, 3.63) is 48.0 Å². The highest BCUT2D eigenvalue weighted by atomic mass is 16.1. The van der Waals surface area contributed by atoms with E-state index >= 15 is 0 Å². The first-order chi connectivity index (χ1) is 9.25. The molecule has 2 rings (SSSR count). The summed E-state index contributed by atoms with van der Waals surface area (Å²) in [6.07, 6.45) is 2.42. The molecule has 0 spiro atoms. The second-order valence-electron chi connectivity index (χ2n) is 4.26. The first-order valence-corrected chi connectivity index (χ1v) is 6.17. The van der Waals surface area contributed by atoms with Crippen molar-refractivity contribution in [3.63, 3.8) is 0 Å². The lowest BCUT2D eigenvalue weighted by atomic mass is 10.0. The molecule has 0 radical (unpaired) electrons. The molecule has 0 saturated carbocycles. The van der Waals surface area contributed by atoms with Gasteiger partial charge in [0.25, 0.3) is 0 Å². The molecular weight excluding hydrogens is 242 g/mol. The Labute approximate surface area is 111 Å². The Morgan fingerprint density at radius 1 is 1.37 bits per heavy atom. The van der Waals surface area contributed by atoms with Crippen LogP contribution in [-0.4, -0.2) is 21.1 Å². The minimum atomic E-state index is -0.114. The Hall–Kier alpha value is -2.21. The van der Waals surface area contributed by atoms with Gasteiger partial charge in [0, 0.05) is 12.5 Å². The van der Waals surface area contributed by atoms with E-state index in [1.165, 1.54) is 6.33 Å². The summed E-state index contributed by atoms with van der Waals surface area (Å²) >= 11 is 0. The maximum Gasteiger partial charge on any atom is 0.220 e. The minimum absolute atomic E-state index is 0.0391. The molecule has 0 saturated heterocycles. The maximum atomic E-state index is 11.6. The van der Waals surface area contributed by atoms with Gasteiger partial charge in [-0.1, -0.05) is 30.3 Å². The average molecular weight is 259 g/mol. The quantitative estimate of drug-likeness (QED) is 0.718. The second-order valence-corrected chi connectivity index (χ2v) is 4.26. The number of benzene rings is 1. The zero-order valence-electron chi connectivity index (χ0n) is 10.5. The van der Waals surface area contributed by atoms with Crippen molar-refractivity contribution in [3.8, 4) is 0 Å². The third kappa shape index (κ3) is 4.18. The number of carbonyl (C=O) groups is 1. The van der Waals surface area contributed by atoms with E-state index in [0.29, 0.717) is 25.2 Å². The monoisotopic (exact) mass is 259 g/mol. The SMILES string of the molecule is NC(CCC(=O)NCc1ncn[nH]1)c1ccccc1. The van der Waals surface area contributed by atoms with E-state index in [1.54, 1.807) is 0 Å². The van der Waals surface area contributed by atoms with Crippen molar-refractivity contribution in [1.82, 2.24) is 20.5 Å². The van der Waals surface area contributed by atoms with Crippen LogP contribution in [0.25, 0.3) is 0 Å². The van der Waals surface area contributed by atoms with Crippen LogP contribution >= 0.6 is 0 Å². The Balaban J connectivity index is 1.71. The van der Waals surface area contributed by atoms with Crippen LogP contribution in [0.2, 0.25) is 0 Å². The van der Waals surface area contributed by atoms with Crippen molar-refractivity contribution in [2.75, 3.05) is 0 Å². The lowest BCUT2D eigenvalue weighted by Crippen LogP contribution is -2.24.